The van der Waals surface area contributed by atoms with Gasteiger partial charge in [0.1, 0.15) is 5.69 Å². The van der Waals surface area contributed by atoms with Crippen molar-refractivity contribution in [2.75, 3.05) is 19.6 Å². The van der Waals surface area contributed by atoms with Crippen LogP contribution in [-0.2, 0) is 11.2 Å². The van der Waals surface area contributed by atoms with E-state index < -0.39 is 11.9 Å². The van der Waals surface area contributed by atoms with Crippen LogP contribution in [0.1, 0.15) is 45.4 Å². The van der Waals surface area contributed by atoms with Crippen molar-refractivity contribution in [3.63, 3.8) is 0 Å². The van der Waals surface area contributed by atoms with Crippen molar-refractivity contribution in [2.24, 2.45) is 0 Å². The van der Waals surface area contributed by atoms with Crippen molar-refractivity contribution in [1.29, 1.82) is 0 Å². The SMILES string of the molecule is CCCc1c(C(=O)NNc2nccc(OC)n2)[nH]c(C)c1C(=O)OC. The van der Waals surface area contributed by atoms with Gasteiger partial charge >= 0.3 is 5.97 Å². The van der Waals surface area contributed by atoms with Gasteiger partial charge in [-0.15, -0.1) is 0 Å². The molecule has 2 rings (SSSR count). The molecule has 2 aromatic rings. The van der Waals surface area contributed by atoms with Crippen LogP contribution in [0.3, 0.4) is 0 Å². The number of esters is 1. The van der Waals surface area contributed by atoms with E-state index in [0.717, 1.165) is 6.42 Å². The number of ether oxygens (including phenoxy) is 2. The second-order valence-corrected chi connectivity index (χ2v) is 5.22. The molecule has 0 spiro atoms. The smallest absolute Gasteiger partial charge is 0.339 e. The van der Waals surface area contributed by atoms with Gasteiger partial charge in [-0.3, -0.25) is 15.6 Å². The van der Waals surface area contributed by atoms with Crippen LogP contribution in [-0.4, -0.2) is 41.0 Å². The lowest BCUT2D eigenvalue weighted by molar-refractivity contribution is 0.0599. The molecule has 0 unspecified atom stereocenters. The first-order chi connectivity index (χ1) is 12.0. The predicted molar refractivity (Wildman–Crippen MR) is 90.5 cm³/mol. The Morgan fingerprint density at radius 1 is 1.32 bits per heavy atom. The number of carbonyl (C=O) groups is 2. The molecule has 0 saturated heterocycles. The average molecular weight is 347 g/mol. The van der Waals surface area contributed by atoms with Crippen LogP contribution in [0.4, 0.5) is 5.95 Å². The lowest BCUT2D eigenvalue weighted by Gasteiger charge is -2.09. The van der Waals surface area contributed by atoms with Gasteiger partial charge in [0.05, 0.1) is 19.8 Å². The van der Waals surface area contributed by atoms with E-state index in [-0.39, 0.29) is 5.95 Å². The Balaban J connectivity index is 2.22. The first-order valence-electron chi connectivity index (χ1n) is 7.74. The molecule has 0 saturated carbocycles. The highest BCUT2D eigenvalue weighted by Crippen LogP contribution is 2.21. The van der Waals surface area contributed by atoms with Gasteiger partial charge in [-0.1, -0.05) is 13.3 Å². The molecule has 2 heterocycles. The van der Waals surface area contributed by atoms with Crippen LogP contribution in [0.2, 0.25) is 0 Å². The number of anilines is 1. The molecule has 0 bridgehead atoms. The molecule has 3 N–H and O–H groups in total. The Kier molecular flexibility index (Phi) is 5.93. The third-order valence-corrected chi connectivity index (χ3v) is 3.53. The summed E-state index contributed by atoms with van der Waals surface area (Å²) in [5.74, 6) is -0.364. The Bertz CT molecular complexity index is 772. The maximum absolute atomic E-state index is 12.5. The van der Waals surface area contributed by atoms with Gasteiger partial charge in [0.25, 0.3) is 5.91 Å². The summed E-state index contributed by atoms with van der Waals surface area (Å²) in [5.41, 5.74) is 7.03. The number of nitrogens with zero attached hydrogens (tertiary/aromatic N) is 2. The van der Waals surface area contributed by atoms with Crippen LogP contribution in [0.15, 0.2) is 12.3 Å². The minimum atomic E-state index is -0.472. The first kappa shape index (κ1) is 18.2. The monoisotopic (exact) mass is 347 g/mol. The fourth-order valence-electron chi connectivity index (χ4n) is 2.44. The number of aromatic amines is 1. The number of amides is 1. The molecule has 2 aromatic heterocycles. The molecule has 0 radical (unpaired) electrons. The largest absolute Gasteiger partial charge is 0.481 e. The number of methoxy groups -OCH3 is 2. The van der Waals surface area contributed by atoms with E-state index in [0.29, 0.717) is 34.8 Å². The minimum Gasteiger partial charge on any atom is -0.481 e. The molecule has 0 aliphatic rings. The van der Waals surface area contributed by atoms with Crippen molar-refractivity contribution in [3.05, 3.63) is 34.8 Å². The van der Waals surface area contributed by atoms with Crippen LogP contribution in [0.5, 0.6) is 5.88 Å². The molecule has 0 aliphatic carbocycles. The van der Waals surface area contributed by atoms with E-state index in [1.165, 1.54) is 20.4 Å². The fraction of sp³-hybridized carbons (Fsp3) is 0.375. The minimum absolute atomic E-state index is 0.182. The molecule has 9 heteroatoms. The zero-order valence-corrected chi connectivity index (χ0v) is 14.6. The highest BCUT2D eigenvalue weighted by atomic mass is 16.5. The van der Waals surface area contributed by atoms with Gasteiger partial charge < -0.3 is 14.5 Å². The summed E-state index contributed by atoms with van der Waals surface area (Å²) in [4.78, 5) is 35.5. The van der Waals surface area contributed by atoms with Crippen molar-refractivity contribution < 1.29 is 19.1 Å². The van der Waals surface area contributed by atoms with Gasteiger partial charge in [-0.25, -0.2) is 9.78 Å². The quantitative estimate of drug-likeness (QED) is 0.514. The zero-order chi connectivity index (χ0) is 18.4. The Hall–Kier alpha value is -3.10. The summed E-state index contributed by atoms with van der Waals surface area (Å²) in [6.07, 6.45) is 2.83. The average Bonchev–Trinajstić information content (AvgIpc) is 2.95. The number of rotatable bonds is 7. The van der Waals surface area contributed by atoms with Crippen LogP contribution >= 0.6 is 0 Å². The highest BCUT2D eigenvalue weighted by Gasteiger charge is 2.24. The summed E-state index contributed by atoms with van der Waals surface area (Å²) in [6.45, 7) is 3.69. The molecular weight excluding hydrogens is 326 g/mol. The molecule has 0 atom stereocenters. The number of hydrogen-bond acceptors (Lipinski definition) is 7. The van der Waals surface area contributed by atoms with Gasteiger partial charge in [0, 0.05) is 18.0 Å². The topological polar surface area (TPSA) is 118 Å². The van der Waals surface area contributed by atoms with Gasteiger partial charge in [-0.2, -0.15) is 4.98 Å². The Morgan fingerprint density at radius 2 is 2.08 bits per heavy atom. The summed E-state index contributed by atoms with van der Waals surface area (Å²) in [6, 6.07) is 1.59. The maximum atomic E-state index is 12.5. The normalized spacial score (nSPS) is 10.2. The number of hydrogen-bond donors (Lipinski definition) is 3. The molecular formula is C16H21N5O4. The van der Waals surface area contributed by atoms with E-state index >= 15 is 0 Å². The zero-order valence-electron chi connectivity index (χ0n) is 14.6. The number of aromatic nitrogens is 3. The van der Waals surface area contributed by atoms with Crippen LogP contribution in [0, 0.1) is 6.92 Å². The molecule has 0 aliphatic heterocycles. The lowest BCUT2D eigenvalue weighted by atomic mass is 10.0. The van der Waals surface area contributed by atoms with Gasteiger partial charge in [0.2, 0.25) is 11.8 Å². The second-order valence-electron chi connectivity index (χ2n) is 5.22. The third kappa shape index (κ3) is 4.06. The molecule has 25 heavy (non-hydrogen) atoms. The van der Waals surface area contributed by atoms with E-state index in [2.05, 4.69) is 25.8 Å². The van der Waals surface area contributed by atoms with E-state index in [1.54, 1.807) is 13.0 Å². The van der Waals surface area contributed by atoms with Crippen molar-refractivity contribution in [3.8, 4) is 5.88 Å². The molecule has 134 valence electrons. The van der Waals surface area contributed by atoms with E-state index in [9.17, 15) is 9.59 Å². The highest BCUT2D eigenvalue weighted by molar-refractivity contribution is 6.00. The molecule has 1 amide bonds. The summed E-state index contributed by atoms with van der Waals surface area (Å²) in [7, 11) is 2.80. The van der Waals surface area contributed by atoms with Crippen molar-refractivity contribution >= 4 is 17.8 Å². The van der Waals surface area contributed by atoms with Crippen LogP contribution in [0.25, 0.3) is 0 Å². The molecule has 0 aromatic carbocycles. The molecule has 0 fully saturated rings. The Labute approximate surface area is 145 Å². The number of carbonyl (C=O) groups excluding carboxylic acids is 2. The number of aryl methyl sites for hydroxylation is 1. The third-order valence-electron chi connectivity index (χ3n) is 3.53. The molecule has 9 nitrogen and oxygen atoms in total. The first-order valence-corrected chi connectivity index (χ1v) is 7.74. The summed E-state index contributed by atoms with van der Waals surface area (Å²) in [5, 5.41) is 0. The van der Waals surface area contributed by atoms with Crippen LogP contribution < -0.4 is 15.6 Å². The van der Waals surface area contributed by atoms with Crippen molar-refractivity contribution in [2.45, 2.75) is 26.7 Å². The summed E-state index contributed by atoms with van der Waals surface area (Å²) < 4.78 is 9.81. The lowest BCUT2D eigenvalue weighted by Crippen LogP contribution is -2.31. The standard InChI is InChI=1S/C16H21N5O4/c1-5-6-10-12(15(23)25-4)9(2)18-13(10)14(22)20-21-16-17-8-7-11(19-16)24-3/h7-8,18H,5-6H2,1-4H3,(H,20,22)(H,17,19,21). The van der Waals surface area contributed by atoms with Gasteiger partial charge in [-0.05, 0) is 18.9 Å². The number of H-pyrrole nitrogens is 1. The van der Waals surface area contributed by atoms with Gasteiger partial charge in [0.15, 0.2) is 0 Å². The van der Waals surface area contributed by atoms with E-state index in [4.69, 9.17) is 9.47 Å². The second kappa shape index (κ2) is 8.13. The van der Waals surface area contributed by atoms with E-state index in [1.807, 2.05) is 6.92 Å². The predicted octanol–water partition coefficient (Wildman–Crippen LogP) is 1.62. The number of hydrazine groups is 1. The summed E-state index contributed by atoms with van der Waals surface area (Å²) >= 11 is 0. The van der Waals surface area contributed by atoms with Crippen molar-refractivity contribution in [1.82, 2.24) is 20.4 Å². The Morgan fingerprint density at radius 3 is 2.72 bits per heavy atom. The maximum Gasteiger partial charge on any atom is 0.339 e. The number of nitrogens with one attached hydrogen (secondary N) is 3. The fourth-order valence-corrected chi connectivity index (χ4v) is 2.44.